The Bertz CT molecular complexity index is 694. The number of anilines is 1. The standard InChI is InChI=1S/C20H25N3S/c1-15-11-16(2)13-18(12-15)21-20(24)23-10-9-22(3)14-19(23)17-7-5-4-6-8-17/h4-8,11-13,19H,9-10,14H2,1-3H3,(H,21,24)/t19-/m1/s1. The number of nitrogens with one attached hydrogen (secondary N) is 1. The summed E-state index contributed by atoms with van der Waals surface area (Å²) < 4.78 is 0. The van der Waals surface area contributed by atoms with Crippen LogP contribution in [0.4, 0.5) is 5.69 Å². The lowest BCUT2D eigenvalue weighted by Gasteiger charge is -2.41. The Morgan fingerprint density at radius 3 is 2.38 bits per heavy atom. The van der Waals surface area contributed by atoms with Gasteiger partial charge in [0, 0.05) is 25.3 Å². The minimum atomic E-state index is 0.288. The molecule has 0 unspecified atom stereocenters. The van der Waals surface area contributed by atoms with Gasteiger partial charge in [-0.05, 0) is 61.9 Å². The van der Waals surface area contributed by atoms with Crippen LogP contribution in [0, 0.1) is 13.8 Å². The first-order chi connectivity index (χ1) is 11.5. The molecule has 0 radical (unpaired) electrons. The van der Waals surface area contributed by atoms with E-state index in [4.69, 9.17) is 12.2 Å². The van der Waals surface area contributed by atoms with E-state index in [0.717, 1.165) is 30.4 Å². The summed E-state index contributed by atoms with van der Waals surface area (Å²) in [5, 5.41) is 4.25. The van der Waals surface area contributed by atoms with Crippen LogP contribution in [0.3, 0.4) is 0 Å². The van der Waals surface area contributed by atoms with Gasteiger partial charge in [-0.2, -0.15) is 0 Å². The second-order valence-corrected chi connectivity index (χ2v) is 7.08. The molecule has 24 heavy (non-hydrogen) atoms. The van der Waals surface area contributed by atoms with E-state index < -0.39 is 0 Å². The zero-order valence-electron chi connectivity index (χ0n) is 14.6. The van der Waals surface area contributed by atoms with Gasteiger partial charge in [-0.1, -0.05) is 36.4 Å². The largest absolute Gasteiger partial charge is 0.339 e. The second-order valence-electron chi connectivity index (χ2n) is 6.69. The number of hydrogen-bond acceptors (Lipinski definition) is 2. The van der Waals surface area contributed by atoms with Gasteiger partial charge in [0.05, 0.1) is 6.04 Å². The van der Waals surface area contributed by atoms with Gasteiger partial charge in [0.15, 0.2) is 5.11 Å². The molecule has 1 fully saturated rings. The van der Waals surface area contributed by atoms with Crippen molar-refractivity contribution in [3.63, 3.8) is 0 Å². The fourth-order valence-electron chi connectivity index (χ4n) is 3.37. The number of aryl methyl sites for hydroxylation is 2. The molecule has 0 spiro atoms. The van der Waals surface area contributed by atoms with Gasteiger partial charge in [-0.3, -0.25) is 0 Å². The molecule has 3 nitrogen and oxygen atoms in total. The Labute approximate surface area is 150 Å². The van der Waals surface area contributed by atoms with E-state index in [0.29, 0.717) is 0 Å². The van der Waals surface area contributed by atoms with E-state index in [1.54, 1.807) is 0 Å². The molecular weight excluding hydrogens is 314 g/mol. The number of likely N-dealkylation sites (N-methyl/N-ethyl adjacent to an activating group) is 1. The molecule has 1 heterocycles. The molecule has 1 saturated heterocycles. The number of nitrogens with zero attached hydrogens (tertiary/aromatic N) is 2. The van der Waals surface area contributed by atoms with Gasteiger partial charge in [0.1, 0.15) is 0 Å². The molecule has 1 N–H and O–H groups in total. The molecule has 0 aromatic heterocycles. The molecule has 126 valence electrons. The van der Waals surface area contributed by atoms with Crippen LogP contribution in [0.25, 0.3) is 0 Å². The smallest absolute Gasteiger partial charge is 0.174 e. The van der Waals surface area contributed by atoms with Crippen LogP contribution in [-0.2, 0) is 0 Å². The Morgan fingerprint density at radius 2 is 1.71 bits per heavy atom. The highest BCUT2D eigenvalue weighted by molar-refractivity contribution is 7.80. The van der Waals surface area contributed by atoms with Crippen LogP contribution in [0.1, 0.15) is 22.7 Å². The summed E-state index contributed by atoms with van der Waals surface area (Å²) in [6.07, 6.45) is 0. The lowest BCUT2D eigenvalue weighted by Crippen LogP contribution is -2.50. The molecule has 4 heteroatoms. The van der Waals surface area contributed by atoms with E-state index in [1.165, 1.54) is 16.7 Å². The van der Waals surface area contributed by atoms with Crippen LogP contribution >= 0.6 is 12.2 Å². The molecule has 0 saturated carbocycles. The second kappa shape index (κ2) is 7.32. The number of hydrogen-bond donors (Lipinski definition) is 1. The van der Waals surface area contributed by atoms with Gasteiger partial charge in [-0.25, -0.2) is 0 Å². The maximum atomic E-state index is 5.75. The zero-order valence-corrected chi connectivity index (χ0v) is 15.4. The lowest BCUT2D eigenvalue weighted by molar-refractivity contribution is 0.153. The van der Waals surface area contributed by atoms with E-state index in [9.17, 15) is 0 Å². The Morgan fingerprint density at radius 1 is 1.04 bits per heavy atom. The van der Waals surface area contributed by atoms with Crippen molar-refractivity contribution in [3.05, 3.63) is 65.2 Å². The molecule has 2 aromatic carbocycles. The summed E-state index contributed by atoms with van der Waals surface area (Å²) in [6.45, 7) is 7.18. The topological polar surface area (TPSA) is 18.5 Å². The van der Waals surface area contributed by atoms with Crippen LogP contribution in [0.5, 0.6) is 0 Å². The summed E-state index contributed by atoms with van der Waals surface area (Å²) in [7, 11) is 2.17. The van der Waals surface area contributed by atoms with Gasteiger partial charge in [0.25, 0.3) is 0 Å². The maximum Gasteiger partial charge on any atom is 0.174 e. The summed E-state index contributed by atoms with van der Waals surface area (Å²) in [4.78, 5) is 4.69. The number of piperazine rings is 1. The lowest BCUT2D eigenvalue weighted by atomic mass is 10.0. The maximum absolute atomic E-state index is 5.75. The molecular formula is C20H25N3S. The van der Waals surface area contributed by atoms with E-state index >= 15 is 0 Å². The normalized spacial score (nSPS) is 18.5. The zero-order chi connectivity index (χ0) is 17.1. The fourth-order valence-corrected chi connectivity index (χ4v) is 3.70. The predicted octanol–water partition coefficient (Wildman–Crippen LogP) is 3.99. The van der Waals surface area contributed by atoms with Gasteiger partial charge in [-0.15, -0.1) is 0 Å². The molecule has 0 amide bonds. The third-order valence-electron chi connectivity index (χ3n) is 4.50. The van der Waals surface area contributed by atoms with Crippen molar-refractivity contribution >= 4 is 23.0 Å². The van der Waals surface area contributed by atoms with Crippen molar-refractivity contribution < 1.29 is 0 Å². The molecule has 2 aromatic rings. The van der Waals surface area contributed by atoms with Crippen LogP contribution in [0.2, 0.25) is 0 Å². The third-order valence-corrected chi connectivity index (χ3v) is 4.84. The molecule has 1 aliphatic heterocycles. The summed E-state index contributed by atoms with van der Waals surface area (Å²) >= 11 is 5.75. The number of benzene rings is 2. The van der Waals surface area contributed by atoms with E-state index in [1.807, 2.05) is 0 Å². The third kappa shape index (κ3) is 3.94. The average molecular weight is 340 g/mol. The molecule has 0 aliphatic carbocycles. The summed E-state index contributed by atoms with van der Waals surface area (Å²) in [6, 6.07) is 17.4. The summed E-state index contributed by atoms with van der Waals surface area (Å²) in [5.74, 6) is 0. The van der Waals surface area contributed by atoms with Crippen molar-refractivity contribution in [2.24, 2.45) is 0 Å². The Hall–Kier alpha value is -1.91. The van der Waals surface area contributed by atoms with Crippen LogP contribution in [0.15, 0.2) is 48.5 Å². The van der Waals surface area contributed by atoms with Crippen molar-refractivity contribution in [2.45, 2.75) is 19.9 Å². The molecule has 0 bridgehead atoms. The van der Waals surface area contributed by atoms with Gasteiger partial charge < -0.3 is 15.1 Å². The highest BCUT2D eigenvalue weighted by Crippen LogP contribution is 2.26. The van der Waals surface area contributed by atoms with E-state index in [2.05, 4.69) is 84.5 Å². The van der Waals surface area contributed by atoms with Crippen LogP contribution < -0.4 is 5.32 Å². The molecule has 1 atom stereocenters. The Kier molecular flexibility index (Phi) is 5.17. The SMILES string of the molecule is Cc1cc(C)cc(NC(=S)N2CCN(C)C[C@@H]2c2ccccc2)c1. The van der Waals surface area contributed by atoms with Crippen molar-refractivity contribution in [2.75, 3.05) is 32.0 Å². The first kappa shape index (κ1) is 16.9. The number of thiocarbonyl (C=S) groups is 1. The van der Waals surface area contributed by atoms with E-state index in [-0.39, 0.29) is 6.04 Å². The number of rotatable bonds is 2. The first-order valence-corrected chi connectivity index (χ1v) is 8.83. The minimum Gasteiger partial charge on any atom is -0.339 e. The summed E-state index contributed by atoms with van der Waals surface area (Å²) in [5.41, 5.74) is 4.88. The minimum absolute atomic E-state index is 0.288. The van der Waals surface area contributed by atoms with Crippen molar-refractivity contribution in [3.8, 4) is 0 Å². The van der Waals surface area contributed by atoms with Crippen molar-refractivity contribution in [1.82, 2.24) is 9.80 Å². The van der Waals surface area contributed by atoms with Gasteiger partial charge >= 0.3 is 0 Å². The molecule has 1 aliphatic rings. The Balaban J connectivity index is 1.81. The fraction of sp³-hybridized carbons (Fsp3) is 0.350. The first-order valence-electron chi connectivity index (χ1n) is 8.42. The quantitative estimate of drug-likeness (QED) is 0.834. The van der Waals surface area contributed by atoms with Crippen molar-refractivity contribution in [1.29, 1.82) is 0 Å². The molecule has 3 rings (SSSR count). The highest BCUT2D eigenvalue weighted by Gasteiger charge is 2.28. The average Bonchev–Trinajstić information content (AvgIpc) is 2.54. The predicted molar refractivity (Wildman–Crippen MR) is 106 cm³/mol. The monoisotopic (exact) mass is 339 g/mol. The van der Waals surface area contributed by atoms with Crippen LogP contribution in [-0.4, -0.2) is 41.6 Å². The highest BCUT2D eigenvalue weighted by atomic mass is 32.1. The van der Waals surface area contributed by atoms with Gasteiger partial charge in [0.2, 0.25) is 0 Å².